The van der Waals surface area contributed by atoms with Crippen molar-refractivity contribution in [2.24, 2.45) is 17.1 Å². The highest BCUT2D eigenvalue weighted by Crippen LogP contribution is 2.45. The fourth-order valence-electron chi connectivity index (χ4n) is 4.73. The number of aromatic nitrogens is 1. The number of pyridine rings is 1. The second-order valence-corrected chi connectivity index (χ2v) is 9.41. The fourth-order valence-corrected chi connectivity index (χ4v) is 4.73. The molecule has 1 saturated heterocycles. The molecule has 32 heavy (non-hydrogen) atoms. The summed E-state index contributed by atoms with van der Waals surface area (Å²) in [4.78, 5) is 26.8. The highest BCUT2D eigenvalue weighted by atomic mass is 16.5. The number of benzene rings is 1. The number of carbonyl (C=O) groups is 1. The lowest BCUT2D eigenvalue weighted by molar-refractivity contribution is 0.0695. The predicted molar refractivity (Wildman–Crippen MR) is 122 cm³/mol. The molecular formula is C23H29N5O4. The molecule has 0 radical (unpaired) electrons. The molecule has 9 nitrogen and oxygen atoms in total. The summed E-state index contributed by atoms with van der Waals surface area (Å²) in [6, 6.07) is 3.81. The van der Waals surface area contributed by atoms with Crippen molar-refractivity contribution in [1.29, 1.82) is 5.26 Å². The fraction of sp³-hybridized carbons (Fsp3) is 0.522. The van der Waals surface area contributed by atoms with E-state index >= 15 is 0 Å². The van der Waals surface area contributed by atoms with E-state index in [2.05, 4.69) is 11.0 Å². The van der Waals surface area contributed by atoms with E-state index in [1.165, 1.54) is 6.20 Å². The molecule has 5 N–H and O–H groups in total. The Bertz CT molecular complexity index is 1190. The molecule has 1 aliphatic carbocycles. The van der Waals surface area contributed by atoms with Gasteiger partial charge in [-0.15, -0.1) is 0 Å². The molecular weight excluding hydrogens is 410 g/mol. The molecule has 4 rings (SSSR count). The highest BCUT2D eigenvalue weighted by molar-refractivity contribution is 6.03. The molecule has 9 heteroatoms. The maximum absolute atomic E-state index is 13.0. The number of methoxy groups -OCH3 is 1. The van der Waals surface area contributed by atoms with E-state index in [0.717, 1.165) is 24.9 Å². The zero-order valence-corrected chi connectivity index (χ0v) is 18.6. The Morgan fingerprint density at radius 2 is 2.06 bits per heavy atom. The van der Waals surface area contributed by atoms with Crippen molar-refractivity contribution in [2.45, 2.75) is 45.2 Å². The van der Waals surface area contributed by atoms with Crippen LogP contribution in [-0.4, -0.2) is 41.9 Å². The van der Waals surface area contributed by atoms with Crippen LogP contribution >= 0.6 is 0 Å². The second kappa shape index (κ2) is 7.71. The molecule has 2 heterocycles. The predicted octanol–water partition coefficient (Wildman–Crippen LogP) is 2.33. The van der Waals surface area contributed by atoms with Crippen LogP contribution in [0.3, 0.4) is 0 Å². The number of hydrogen-bond donors (Lipinski definition) is 3. The first kappa shape index (κ1) is 22.0. The van der Waals surface area contributed by atoms with Crippen LogP contribution in [0.1, 0.15) is 49.5 Å². The highest BCUT2D eigenvalue weighted by Gasteiger charge is 2.38. The van der Waals surface area contributed by atoms with Gasteiger partial charge in [0.25, 0.3) is 0 Å². The maximum Gasteiger partial charge on any atom is 0.341 e. The molecule has 1 aromatic carbocycles. The molecule has 1 aliphatic heterocycles. The molecule has 2 atom stereocenters. The lowest BCUT2D eigenvalue weighted by Gasteiger charge is -2.30. The number of nitrogen functional groups attached to an aromatic ring is 1. The van der Waals surface area contributed by atoms with E-state index in [0.29, 0.717) is 24.4 Å². The Morgan fingerprint density at radius 3 is 2.62 bits per heavy atom. The van der Waals surface area contributed by atoms with Gasteiger partial charge < -0.3 is 30.8 Å². The number of carboxylic acid groups (broad SMARTS) is 1. The first-order valence-corrected chi connectivity index (χ1v) is 10.8. The van der Waals surface area contributed by atoms with Gasteiger partial charge in [0.1, 0.15) is 5.56 Å². The third-order valence-corrected chi connectivity index (χ3v) is 6.83. The number of nitrogens with two attached hydrogens (primary N) is 2. The van der Waals surface area contributed by atoms with E-state index in [-0.39, 0.29) is 34.6 Å². The molecule has 0 spiro atoms. The van der Waals surface area contributed by atoms with Crippen LogP contribution in [-0.2, 0) is 0 Å². The van der Waals surface area contributed by atoms with Crippen LogP contribution in [0.5, 0.6) is 5.75 Å². The minimum absolute atomic E-state index is 0.107. The van der Waals surface area contributed by atoms with Crippen molar-refractivity contribution in [3.05, 3.63) is 28.0 Å². The minimum Gasteiger partial charge on any atom is -0.492 e. The van der Waals surface area contributed by atoms with Gasteiger partial charge in [0, 0.05) is 37.1 Å². The summed E-state index contributed by atoms with van der Waals surface area (Å²) >= 11 is 0. The van der Waals surface area contributed by atoms with Crippen molar-refractivity contribution in [3.63, 3.8) is 0 Å². The number of nitriles is 1. The Kier molecular flexibility index (Phi) is 5.29. The Balaban J connectivity index is 1.85. The van der Waals surface area contributed by atoms with Crippen LogP contribution in [0, 0.1) is 22.7 Å². The Labute approximate surface area is 186 Å². The van der Waals surface area contributed by atoms with Gasteiger partial charge >= 0.3 is 5.97 Å². The van der Waals surface area contributed by atoms with Gasteiger partial charge in [0.2, 0.25) is 5.43 Å². The van der Waals surface area contributed by atoms with Crippen molar-refractivity contribution in [2.75, 3.05) is 30.8 Å². The number of fused-ring (bicyclic) bond motifs is 1. The molecule has 0 amide bonds. The summed E-state index contributed by atoms with van der Waals surface area (Å²) in [6.07, 6.45) is 4.03. The van der Waals surface area contributed by atoms with Gasteiger partial charge in [0.15, 0.2) is 5.75 Å². The maximum atomic E-state index is 13.0. The first-order chi connectivity index (χ1) is 15.1. The van der Waals surface area contributed by atoms with Crippen LogP contribution < -0.4 is 26.5 Å². The molecule has 2 fully saturated rings. The number of ether oxygens (including phenoxy) is 1. The summed E-state index contributed by atoms with van der Waals surface area (Å²) in [5.74, 6) is -0.652. The summed E-state index contributed by atoms with van der Waals surface area (Å²) < 4.78 is 7.63. The van der Waals surface area contributed by atoms with Crippen molar-refractivity contribution in [1.82, 2.24) is 4.57 Å². The summed E-state index contributed by atoms with van der Waals surface area (Å²) in [5, 5.41) is 19.2. The number of anilines is 2. The molecule has 2 aromatic rings. The molecule has 2 unspecified atom stereocenters. The van der Waals surface area contributed by atoms with Crippen molar-refractivity contribution < 1.29 is 14.6 Å². The second-order valence-electron chi connectivity index (χ2n) is 9.41. The molecule has 0 bridgehead atoms. The average Bonchev–Trinajstić information content (AvgIpc) is 3.48. The number of rotatable bonds is 6. The zero-order valence-electron chi connectivity index (χ0n) is 18.6. The smallest absolute Gasteiger partial charge is 0.341 e. The van der Waals surface area contributed by atoms with Crippen LogP contribution in [0.15, 0.2) is 17.1 Å². The largest absolute Gasteiger partial charge is 0.492 e. The summed E-state index contributed by atoms with van der Waals surface area (Å²) in [5.41, 5.74) is 12.7. The third kappa shape index (κ3) is 3.45. The van der Waals surface area contributed by atoms with Crippen LogP contribution in [0.4, 0.5) is 11.4 Å². The van der Waals surface area contributed by atoms with Gasteiger partial charge in [-0.2, -0.15) is 5.26 Å². The molecule has 1 aromatic heterocycles. The monoisotopic (exact) mass is 439 g/mol. The van der Waals surface area contributed by atoms with E-state index in [1.807, 2.05) is 18.4 Å². The SMILES string of the molecule is COc1c(N2CCC(C(N)C(C)(C)C#N)C2)cc(N)c2c(=O)c(C(=O)O)cn(C3CC3)c12. The third-order valence-electron chi connectivity index (χ3n) is 6.83. The van der Waals surface area contributed by atoms with Crippen molar-refractivity contribution >= 4 is 28.2 Å². The minimum atomic E-state index is -1.27. The van der Waals surface area contributed by atoms with Gasteiger partial charge in [-0.3, -0.25) is 4.79 Å². The molecule has 2 aliphatic rings. The zero-order chi connectivity index (χ0) is 23.4. The Morgan fingerprint density at radius 1 is 1.38 bits per heavy atom. The Hall–Kier alpha value is -3.25. The van der Waals surface area contributed by atoms with Gasteiger partial charge in [-0.1, -0.05) is 0 Å². The number of aromatic carboxylic acids is 1. The molecule has 170 valence electrons. The number of carboxylic acids is 1. The average molecular weight is 440 g/mol. The normalized spacial score (nSPS) is 19.7. The standard InChI is InChI=1S/C23H29N5O4/c1-23(2,11-24)21(26)12-6-7-27(9-12)16-8-15(25)17-18(20(16)32-3)28(13-4-5-13)10-14(19(17)29)22(30)31/h8,10,12-13,21H,4-7,9,25-26H2,1-3H3,(H,30,31). The van der Waals surface area contributed by atoms with Gasteiger partial charge in [-0.05, 0) is 45.1 Å². The topological polar surface area (TPSA) is 148 Å². The van der Waals surface area contributed by atoms with Gasteiger partial charge in [0.05, 0.1) is 35.2 Å². The van der Waals surface area contributed by atoms with E-state index < -0.39 is 16.8 Å². The van der Waals surface area contributed by atoms with Crippen LogP contribution in [0.2, 0.25) is 0 Å². The van der Waals surface area contributed by atoms with Crippen molar-refractivity contribution in [3.8, 4) is 11.8 Å². The van der Waals surface area contributed by atoms with Gasteiger partial charge in [-0.25, -0.2) is 4.79 Å². The summed E-state index contributed by atoms with van der Waals surface area (Å²) in [6.45, 7) is 5.04. The number of hydrogen-bond acceptors (Lipinski definition) is 7. The van der Waals surface area contributed by atoms with E-state index in [1.54, 1.807) is 13.2 Å². The van der Waals surface area contributed by atoms with Crippen LogP contribution in [0.25, 0.3) is 10.9 Å². The summed E-state index contributed by atoms with van der Waals surface area (Å²) in [7, 11) is 1.54. The number of nitrogens with zero attached hydrogens (tertiary/aromatic N) is 3. The lowest BCUT2D eigenvalue weighted by Crippen LogP contribution is -2.43. The van der Waals surface area contributed by atoms with E-state index in [4.69, 9.17) is 16.2 Å². The quantitative estimate of drug-likeness (QED) is 0.581. The lowest BCUT2D eigenvalue weighted by atomic mass is 9.79. The molecule has 1 saturated carbocycles. The van der Waals surface area contributed by atoms with E-state index in [9.17, 15) is 20.0 Å². The first-order valence-electron chi connectivity index (χ1n) is 10.8.